The lowest BCUT2D eigenvalue weighted by Gasteiger charge is -2.27. The number of benzene rings is 1. The van der Waals surface area contributed by atoms with Crippen LogP contribution >= 0.6 is 0 Å². The van der Waals surface area contributed by atoms with Crippen molar-refractivity contribution in [1.29, 1.82) is 0 Å². The van der Waals surface area contributed by atoms with E-state index in [9.17, 15) is 15.0 Å². The van der Waals surface area contributed by atoms with Crippen molar-refractivity contribution in [1.82, 2.24) is 14.8 Å². The molecule has 0 atom stereocenters. The molecule has 7 nitrogen and oxygen atoms in total. The van der Waals surface area contributed by atoms with E-state index in [0.717, 1.165) is 42.3 Å². The molecule has 0 aliphatic heterocycles. The topological polar surface area (TPSA) is 91.5 Å². The minimum absolute atomic E-state index is 0.228. The van der Waals surface area contributed by atoms with Crippen molar-refractivity contribution in [2.75, 3.05) is 18.6 Å². The van der Waals surface area contributed by atoms with Crippen LogP contribution in [0.15, 0.2) is 36.5 Å². The Hall–Kier alpha value is -2.77. The maximum atomic E-state index is 13.2. The van der Waals surface area contributed by atoms with Gasteiger partial charge in [0.2, 0.25) is 0 Å². The van der Waals surface area contributed by atoms with E-state index in [4.69, 9.17) is 5.10 Å². The van der Waals surface area contributed by atoms with Gasteiger partial charge in [-0.15, -0.1) is 0 Å². The van der Waals surface area contributed by atoms with Gasteiger partial charge in [-0.1, -0.05) is 6.07 Å². The number of aliphatic hydroxyl groups excluding tert-OH is 1. The number of amides is 1. The normalized spacial score (nSPS) is 19.3. The van der Waals surface area contributed by atoms with E-state index in [1.165, 1.54) is 0 Å². The Labute approximate surface area is 188 Å². The number of hydrogen-bond donors (Lipinski definition) is 2. The van der Waals surface area contributed by atoms with Crippen LogP contribution in [0.1, 0.15) is 67.3 Å². The molecule has 3 aromatic rings. The fourth-order valence-electron chi connectivity index (χ4n) is 4.57. The van der Waals surface area contributed by atoms with Gasteiger partial charge in [-0.3, -0.25) is 9.48 Å². The summed E-state index contributed by atoms with van der Waals surface area (Å²) in [6, 6.07) is 9.49. The van der Waals surface area contributed by atoms with Crippen LogP contribution in [-0.4, -0.2) is 44.5 Å². The molecule has 32 heavy (non-hydrogen) atoms. The summed E-state index contributed by atoms with van der Waals surface area (Å²) >= 11 is 0. The third kappa shape index (κ3) is 4.40. The molecular weight excluding hydrogens is 404 g/mol. The fourth-order valence-corrected chi connectivity index (χ4v) is 4.57. The zero-order chi connectivity index (χ0) is 23.0. The lowest BCUT2D eigenvalue weighted by Crippen LogP contribution is -2.30. The molecule has 2 aromatic heterocycles. The molecular formula is C25H32N4O3. The summed E-state index contributed by atoms with van der Waals surface area (Å²) in [6.45, 7) is 5.54. The Morgan fingerprint density at radius 3 is 2.56 bits per heavy atom. The van der Waals surface area contributed by atoms with Gasteiger partial charge in [0, 0.05) is 36.5 Å². The van der Waals surface area contributed by atoms with Gasteiger partial charge in [0.05, 0.1) is 22.8 Å². The Bertz CT molecular complexity index is 1120. The Balaban J connectivity index is 1.72. The summed E-state index contributed by atoms with van der Waals surface area (Å²) in [4.78, 5) is 19.1. The van der Waals surface area contributed by atoms with Crippen LogP contribution in [0.2, 0.25) is 0 Å². The first-order chi connectivity index (χ1) is 15.2. The monoisotopic (exact) mass is 436 g/mol. The predicted molar refractivity (Wildman–Crippen MR) is 125 cm³/mol. The first kappa shape index (κ1) is 22.4. The van der Waals surface area contributed by atoms with Crippen LogP contribution in [0.5, 0.6) is 0 Å². The quantitative estimate of drug-likeness (QED) is 0.632. The number of hydrogen-bond acceptors (Lipinski definition) is 5. The zero-order valence-corrected chi connectivity index (χ0v) is 19.2. The van der Waals surface area contributed by atoms with E-state index < -0.39 is 5.60 Å². The average Bonchev–Trinajstić information content (AvgIpc) is 3.20. The Morgan fingerprint density at radius 1 is 1.22 bits per heavy atom. The summed E-state index contributed by atoms with van der Waals surface area (Å²) in [5.41, 5.74) is 2.07. The fraction of sp³-hybridized carbons (Fsp3) is 0.480. The number of carbonyl (C=O) groups is 1. The van der Waals surface area contributed by atoms with Crippen molar-refractivity contribution in [3.8, 4) is 0 Å². The van der Waals surface area contributed by atoms with Gasteiger partial charge in [0.15, 0.2) is 0 Å². The molecule has 0 saturated heterocycles. The van der Waals surface area contributed by atoms with Gasteiger partial charge < -0.3 is 15.1 Å². The second-order valence-electron chi connectivity index (χ2n) is 9.48. The minimum atomic E-state index is -1.15. The lowest BCUT2D eigenvalue weighted by molar-refractivity contribution is 0.0790. The highest BCUT2D eigenvalue weighted by atomic mass is 16.3. The highest BCUT2D eigenvalue weighted by molar-refractivity contribution is 6.06. The number of carbonyl (C=O) groups excluding carboxylic acids is 1. The number of anilines is 1. The van der Waals surface area contributed by atoms with Crippen LogP contribution in [-0.2, 0) is 5.60 Å². The molecule has 0 spiro atoms. The molecule has 2 N–H and O–H groups in total. The van der Waals surface area contributed by atoms with Crippen molar-refractivity contribution in [3.05, 3.63) is 53.5 Å². The first-order valence-electron chi connectivity index (χ1n) is 11.3. The number of aryl methyl sites for hydroxylation is 1. The number of aromatic nitrogens is 3. The van der Waals surface area contributed by atoms with Crippen LogP contribution in [0, 0.1) is 12.8 Å². The molecule has 1 aliphatic carbocycles. The molecule has 170 valence electrons. The van der Waals surface area contributed by atoms with Crippen LogP contribution < -0.4 is 4.90 Å². The number of pyridine rings is 1. The van der Waals surface area contributed by atoms with Crippen LogP contribution in [0.3, 0.4) is 0 Å². The highest BCUT2D eigenvalue weighted by Crippen LogP contribution is 2.36. The van der Waals surface area contributed by atoms with Gasteiger partial charge in [0.1, 0.15) is 5.69 Å². The van der Waals surface area contributed by atoms with Crippen molar-refractivity contribution in [3.63, 3.8) is 0 Å². The maximum Gasteiger partial charge on any atom is 0.276 e. The second kappa shape index (κ2) is 8.64. The third-order valence-corrected chi connectivity index (χ3v) is 6.52. The van der Waals surface area contributed by atoms with Gasteiger partial charge in [-0.2, -0.15) is 5.10 Å². The van der Waals surface area contributed by atoms with Gasteiger partial charge in [-0.25, -0.2) is 4.98 Å². The van der Waals surface area contributed by atoms with Crippen molar-refractivity contribution < 1.29 is 15.0 Å². The van der Waals surface area contributed by atoms with E-state index in [1.54, 1.807) is 31.9 Å². The standard InChI is InChI=1S/C25H32N4O3/c1-16-6-5-7-21(26-16)24(31)28(4)23-12-18-14-29(19-10-8-17(15-30)9-11-19)27-22(18)13-20(23)25(2,3)32/h5-7,12-14,17,19,30,32H,8-11,15H2,1-4H3. The average molecular weight is 437 g/mol. The van der Waals surface area contributed by atoms with Crippen LogP contribution in [0.25, 0.3) is 10.9 Å². The number of fused-ring (bicyclic) bond motifs is 1. The molecule has 0 bridgehead atoms. The molecule has 7 heteroatoms. The molecule has 4 rings (SSSR count). The molecule has 0 radical (unpaired) electrons. The predicted octanol–water partition coefficient (Wildman–Crippen LogP) is 3.97. The lowest BCUT2D eigenvalue weighted by atomic mass is 9.87. The van der Waals surface area contributed by atoms with Gasteiger partial charge >= 0.3 is 0 Å². The first-order valence-corrected chi connectivity index (χ1v) is 11.3. The zero-order valence-electron chi connectivity index (χ0n) is 19.2. The molecule has 1 aliphatic rings. The summed E-state index contributed by atoms with van der Waals surface area (Å²) in [5.74, 6) is 0.160. The van der Waals surface area contributed by atoms with E-state index in [2.05, 4.69) is 4.98 Å². The number of rotatable bonds is 5. The van der Waals surface area contributed by atoms with Gasteiger partial charge in [-0.05, 0) is 76.6 Å². The van der Waals surface area contributed by atoms with Crippen molar-refractivity contribution in [2.45, 2.75) is 58.1 Å². The smallest absolute Gasteiger partial charge is 0.276 e. The molecule has 1 fully saturated rings. The molecule has 1 saturated carbocycles. The van der Waals surface area contributed by atoms with Crippen molar-refractivity contribution in [2.24, 2.45) is 5.92 Å². The number of nitrogens with zero attached hydrogens (tertiary/aromatic N) is 4. The summed E-state index contributed by atoms with van der Waals surface area (Å²) in [7, 11) is 1.71. The molecule has 0 unspecified atom stereocenters. The van der Waals surface area contributed by atoms with Crippen molar-refractivity contribution >= 4 is 22.5 Å². The minimum Gasteiger partial charge on any atom is -0.396 e. The maximum absolute atomic E-state index is 13.2. The SMILES string of the molecule is Cc1cccc(C(=O)N(C)c2cc3cn(C4CCC(CO)CC4)nc3cc2C(C)(C)O)n1. The third-order valence-electron chi connectivity index (χ3n) is 6.52. The molecule has 2 heterocycles. The molecule has 1 aromatic carbocycles. The molecule has 1 amide bonds. The van der Waals surface area contributed by atoms with E-state index >= 15 is 0 Å². The Kier molecular flexibility index (Phi) is 6.05. The van der Waals surface area contributed by atoms with E-state index in [1.807, 2.05) is 42.1 Å². The van der Waals surface area contributed by atoms with E-state index in [-0.39, 0.29) is 12.5 Å². The number of aliphatic hydroxyl groups is 2. The second-order valence-corrected chi connectivity index (χ2v) is 9.48. The van der Waals surface area contributed by atoms with Gasteiger partial charge in [0.25, 0.3) is 5.91 Å². The largest absolute Gasteiger partial charge is 0.396 e. The summed E-state index contributed by atoms with van der Waals surface area (Å²) < 4.78 is 2.01. The summed E-state index contributed by atoms with van der Waals surface area (Å²) in [5, 5.41) is 26.0. The van der Waals surface area contributed by atoms with Crippen LogP contribution in [0.4, 0.5) is 5.69 Å². The summed E-state index contributed by atoms with van der Waals surface area (Å²) in [6.07, 6.45) is 6.00. The van der Waals surface area contributed by atoms with E-state index in [0.29, 0.717) is 28.9 Å². The Morgan fingerprint density at radius 2 is 1.94 bits per heavy atom. The highest BCUT2D eigenvalue weighted by Gasteiger charge is 2.28.